The Labute approximate surface area is 143 Å². The van der Waals surface area contributed by atoms with Crippen LogP contribution in [-0.2, 0) is 0 Å². The molecular weight excluding hydrogens is 284 g/mol. The first-order valence-electron chi connectivity index (χ1n) is 9.77. The van der Waals surface area contributed by atoms with E-state index in [-0.39, 0.29) is 11.3 Å². The highest BCUT2D eigenvalue weighted by atomic mass is 16.3. The molecule has 0 bridgehead atoms. The number of aliphatic hydroxyl groups excluding tert-OH is 2. The van der Waals surface area contributed by atoms with Crippen molar-refractivity contribution in [3.05, 3.63) is 0 Å². The maximum absolute atomic E-state index is 11.0. The Bertz CT molecular complexity index is 376. The maximum atomic E-state index is 11.0. The van der Waals surface area contributed by atoms with Gasteiger partial charge in [0.15, 0.2) is 0 Å². The molecule has 23 heavy (non-hydrogen) atoms. The lowest BCUT2D eigenvalue weighted by atomic mass is 9.73. The molecule has 2 N–H and O–H groups in total. The minimum atomic E-state index is -0.470. The van der Waals surface area contributed by atoms with Crippen LogP contribution in [0.4, 0.5) is 0 Å². The highest BCUT2D eigenvalue weighted by Gasteiger charge is 2.36. The second-order valence-corrected chi connectivity index (χ2v) is 8.82. The summed E-state index contributed by atoms with van der Waals surface area (Å²) in [4.78, 5) is 0. The van der Waals surface area contributed by atoms with E-state index in [9.17, 15) is 10.2 Å². The van der Waals surface area contributed by atoms with Crippen LogP contribution in [0.5, 0.6) is 0 Å². The van der Waals surface area contributed by atoms with E-state index in [1.165, 1.54) is 38.5 Å². The molecule has 2 heteroatoms. The van der Waals surface area contributed by atoms with E-state index in [0.29, 0.717) is 11.8 Å². The topological polar surface area (TPSA) is 40.5 Å². The van der Waals surface area contributed by atoms with Gasteiger partial charge in [-0.3, -0.25) is 0 Å². The Hall–Kier alpha value is -0.520. The molecule has 0 aliphatic heterocycles. The molecule has 2 aliphatic carbocycles. The SMILES string of the molecule is CC(C)(C)C#CC([C@H](O)C1CCCCC1)[C@H](O)C1CCCCC1. The third kappa shape index (κ3) is 5.80. The van der Waals surface area contributed by atoms with Gasteiger partial charge in [0.05, 0.1) is 18.1 Å². The standard InChI is InChI=1S/C21H36O2/c1-21(2,3)15-14-18(19(22)16-10-6-4-7-11-16)20(23)17-12-8-5-9-13-17/h16-20,22-23H,4-13H2,1-3H3/t19-,20-/m1/s1. The summed E-state index contributed by atoms with van der Waals surface area (Å²) in [5, 5.41) is 21.9. The molecule has 2 aliphatic rings. The first-order valence-corrected chi connectivity index (χ1v) is 9.77. The van der Waals surface area contributed by atoms with E-state index < -0.39 is 12.2 Å². The zero-order valence-corrected chi connectivity index (χ0v) is 15.4. The molecule has 0 unspecified atom stereocenters. The van der Waals surface area contributed by atoms with Crippen LogP contribution in [0, 0.1) is 35.0 Å². The first-order chi connectivity index (χ1) is 10.9. The second kappa shape index (κ2) is 8.54. The summed E-state index contributed by atoms with van der Waals surface area (Å²) < 4.78 is 0. The summed E-state index contributed by atoms with van der Waals surface area (Å²) in [7, 11) is 0. The average molecular weight is 321 g/mol. The first kappa shape index (κ1) is 18.8. The monoisotopic (exact) mass is 320 g/mol. The van der Waals surface area contributed by atoms with Crippen molar-refractivity contribution in [2.75, 3.05) is 0 Å². The summed E-state index contributed by atoms with van der Waals surface area (Å²) >= 11 is 0. The largest absolute Gasteiger partial charge is 0.391 e. The molecule has 0 saturated heterocycles. The van der Waals surface area contributed by atoms with Gasteiger partial charge in [0, 0.05) is 5.41 Å². The summed E-state index contributed by atoms with van der Waals surface area (Å²) in [6, 6.07) is 0. The third-order valence-corrected chi connectivity index (χ3v) is 5.62. The Morgan fingerprint density at radius 2 is 1.13 bits per heavy atom. The smallest absolute Gasteiger partial charge is 0.0730 e. The van der Waals surface area contributed by atoms with Gasteiger partial charge in [-0.25, -0.2) is 0 Å². The van der Waals surface area contributed by atoms with Crippen molar-refractivity contribution in [2.45, 2.75) is 97.2 Å². The van der Waals surface area contributed by atoms with Crippen molar-refractivity contribution < 1.29 is 10.2 Å². The molecule has 2 fully saturated rings. The molecule has 132 valence electrons. The summed E-state index contributed by atoms with van der Waals surface area (Å²) in [6.07, 6.45) is 10.8. The fourth-order valence-electron chi connectivity index (χ4n) is 4.21. The van der Waals surface area contributed by atoms with Crippen LogP contribution in [0.25, 0.3) is 0 Å². The molecule has 0 heterocycles. The van der Waals surface area contributed by atoms with Crippen molar-refractivity contribution in [3.8, 4) is 11.8 Å². The van der Waals surface area contributed by atoms with Gasteiger partial charge in [0.2, 0.25) is 0 Å². The number of hydrogen-bond acceptors (Lipinski definition) is 2. The zero-order valence-electron chi connectivity index (χ0n) is 15.4. The Kier molecular flexibility index (Phi) is 6.99. The fraction of sp³-hybridized carbons (Fsp3) is 0.905. The van der Waals surface area contributed by atoms with Crippen LogP contribution in [0.2, 0.25) is 0 Å². The minimum absolute atomic E-state index is 0.0865. The number of rotatable bonds is 4. The van der Waals surface area contributed by atoms with Crippen molar-refractivity contribution in [1.29, 1.82) is 0 Å². The van der Waals surface area contributed by atoms with Crippen molar-refractivity contribution in [2.24, 2.45) is 23.2 Å². The lowest BCUT2D eigenvalue weighted by Gasteiger charge is -2.36. The van der Waals surface area contributed by atoms with Gasteiger partial charge in [-0.2, -0.15) is 0 Å². The van der Waals surface area contributed by atoms with E-state index >= 15 is 0 Å². The Balaban J connectivity index is 2.13. The number of aliphatic hydroxyl groups is 2. The van der Waals surface area contributed by atoms with Crippen LogP contribution in [0.1, 0.15) is 85.0 Å². The molecule has 0 aromatic rings. The van der Waals surface area contributed by atoms with Crippen molar-refractivity contribution in [3.63, 3.8) is 0 Å². The van der Waals surface area contributed by atoms with Gasteiger partial charge in [0.25, 0.3) is 0 Å². The summed E-state index contributed by atoms with van der Waals surface area (Å²) in [6.45, 7) is 6.28. The van der Waals surface area contributed by atoms with Gasteiger partial charge < -0.3 is 10.2 Å². The van der Waals surface area contributed by atoms with E-state index in [1.54, 1.807) is 0 Å². The lowest BCUT2D eigenvalue weighted by molar-refractivity contribution is -0.0321. The molecule has 0 aromatic carbocycles. The molecule has 0 amide bonds. The molecule has 0 spiro atoms. The number of hydrogen-bond donors (Lipinski definition) is 2. The van der Waals surface area contributed by atoms with E-state index in [2.05, 4.69) is 32.6 Å². The Morgan fingerprint density at radius 1 is 0.739 bits per heavy atom. The van der Waals surface area contributed by atoms with E-state index in [4.69, 9.17) is 0 Å². The normalized spacial score (nSPS) is 25.3. The van der Waals surface area contributed by atoms with Crippen LogP contribution < -0.4 is 0 Å². The van der Waals surface area contributed by atoms with Crippen LogP contribution >= 0.6 is 0 Å². The van der Waals surface area contributed by atoms with Crippen LogP contribution in [0.15, 0.2) is 0 Å². The summed E-state index contributed by atoms with van der Waals surface area (Å²) in [5.74, 6) is 6.96. The molecule has 2 rings (SSSR count). The van der Waals surface area contributed by atoms with Crippen molar-refractivity contribution >= 4 is 0 Å². The van der Waals surface area contributed by atoms with Gasteiger partial charge in [-0.1, -0.05) is 50.4 Å². The highest BCUT2D eigenvalue weighted by Crippen LogP contribution is 2.35. The molecule has 2 nitrogen and oxygen atoms in total. The molecular formula is C21H36O2. The van der Waals surface area contributed by atoms with Gasteiger partial charge in [0.1, 0.15) is 0 Å². The fourth-order valence-corrected chi connectivity index (χ4v) is 4.21. The van der Waals surface area contributed by atoms with Crippen LogP contribution in [-0.4, -0.2) is 22.4 Å². The summed E-state index contributed by atoms with van der Waals surface area (Å²) in [5.41, 5.74) is -0.0865. The minimum Gasteiger partial charge on any atom is -0.391 e. The van der Waals surface area contributed by atoms with Crippen LogP contribution in [0.3, 0.4) is 0 Å². The average Bonchev–Trinajstić information content (AvgIpc) is 2.55. The predicted molar refractivity (Wildman–Crippen MR) is 95.9 cm³/mol. The van der Waals surface area contributed by atoms with Gasteiger partial charge in [-0.05, 0) is 58.3 Å². The Morgan fingerprint density at radius 3 is 1.48 bits per heavy atom. The van der Waals surface area contributed by atoms with Gasteiger partial charge in [-0.15, -0.1) is 0 Å². The van der Waals surface area contributed by atoms with Crippen molar-refractivity contribution in [1.82, 2.24) is 0 Å². The molecule has 0 radical (unpaired) electrons. The highest BCUT2D eigenvalue weighted by molar-refractivity contribution is 5.14. The quantitative estimate of drug-likeness (QED) is 0.747. The zero-order chi connectivity index (χ0) is 16.9. The third-order valence-electron chi connectivity index (χ3n) is 5.62. The second-order valence-electron chi connectivity index (χ2n) is 8.82. The molecule has 2 saturated carbocycles. The van der Waals surface area contributed by atoms with E-state index in [1.807, 2.05) is 0 Å². The predicted octanol–water partition coefficient (Wildman–Crippen LogP) is 4.53. The maximum Gasteiger partial charge on any atom is 0.0730 e. The van der Waals surface area contributed by atoms with E-state index in [0.717, 1.165) is 25.7 Å². The molecule has 2 atom stereocenters. The lowest BCUT2D eigenvalue weighted by Crippen LogP contribution is -2.41. The van der Waals surface area contributed by atoms with Gasteiger partial charge >= 0.3 is 0 Å². The molecule has 0 aromatic heterocycles.